The van der Waals surface area contributed by atoms with Crippen molar-refractivity contribution < 1.29 is 18.3 Å². The van der Waals surface area contributed by atoms with Gasteiger partial charge in [-0.2, -0.15) is 0 Å². The third kappa shape index (κ3) is 4.40. The van der Waals surface area contributed by atoms with Crippen LogP contribution in [0.15, 0.2) is 18.2 Å². The third-order valence-electron chi connectivity index (χ3n) is 3.06. The van der Waals surface area contributed by atoms with E-state index in [1.54, 1.807) is 12.1 Å². The standard InChI is InChI=1S/C13H18F2N2O2/c1-9-11(5-6-18-9)16-7-10-3-2-4-13(17-10)19-8-12(14)15/h2-4,9,11-12,16H,5-8H2,1H3/t9-,11+/m1/s1. The highest BCUT2D eigenvalue weighted by Gasteiger charge is 2.23. The van der Waals surface area contributed by atoms with Crippen molar-refractivity contribution in [2.45, 2.75) is 38.5 Å². The number of pyridine rings is 1. The summed E-state index contributed by atoms with van der Waals surface area (Å²) in [6.45, 7) is 2.74. The van der Waals surface area contributed by atoms with Gasteiger partial charge in [0.05, 0.1) is 11.8 Å². The van der Waals surface area contributed by atoms with E-state index in [-0.39, 0.29) is 12.0 Å². The molecule has 2 atom stereocenters. The average Bonchev–Trinajstić information content (AvgIpc) is 2.80. The normalized spacial score (nSPS) is 22.9. The Kier molecular flexibility index (Phi) is 5.04. The molecule has 0 radical (unpaired) electrons. The lowest BCUT2D eigenvalue weighted by molar-refractivity contribution is 0.0794. The zero-order valence-electron chi connectivity index (χ0n) is 10.8. The van der Waals surface area contributed by atoms with Crippen molar-refractivity contribution in [3.8, 4) is 5.88 Å². The summed E-state index contributed by atoms with van der Waals surface area (Å²) >= 11 is 0. The molecule has 0 aliphatic carbocycles. The predicted octanol–water partition coefficient (Wildman–Crippen LogP) is 1.99. The van der Waals surface area contributed by atoms with Crippen molar-refractivity contribution >= 4 is 0 Å². The Hall–Kier alpha value is -1.27. The number of ether oxygens (including phenoxy) is 2. The first-order valence-corrected chi connectivity index (χ1v) is 6.37. The van der Waals surface area contributed by atoms with Crippen LogP contribution in [0.25, 0.3) is 0 Å². The molecule has 106 valence electrons. The molecule has 1 aliphatic rings. The second kappa shape index (κ2) is 6.77. The Labute approximate surface area is 111 Å². The molecule has 0 spiro atoms. The van der Waals surface area contributed by atoms with Crippen molar-refractivity contribution in [1.82, 2.24) is 10.3 Å². The van der Waals surface area contributed by atoms with Crippen molar-refractivity contribution in [2.24, 2.45) is 0 Å². The predicted molar refractivity (Wildman–Crippen MR) is 66.4 cm³/mol. The molecule has 1 aromatic rings. The second-order valence-corrected chi connectivity index (χ2v) is 4.52. The fourth-order valence-corrected chi connectivity index (χ4v) is 2.02. The van der Waals surface area contributed by atoms with Gasteiger partial charge in [0.15, 0.2) is 6.61 Å². The number of nitrogens with zero attached hydrogens (tertiary/aromatic N) is 1. The fraction of sp³-hybridized carbons (Fsp3) is 0.615. The van der Waals surface area contributed by atoms with E-state index in [1.165, 1.54) is 0 Å². The zero-order valence-corrected chi connectivity index (χ0v) is 10.8. The largest absolute Gasteiger partial charge is 0.472 e. The number of hydrogen-bond donors (Lipinski definition) is 1. The first-order valence-electron chi connectivity index (χ1n) is 6.37. The zero-order chi connectivity index (χ0) is 13.7. The van der Waals surface area contributed by atoms with E-state index in [4.69, 9.17) is 9.47 Å². The van der Waals surface area contributed by atoms with Gasteiger partial charge in [0.1, 0.15) is 0 Å². The monoisotopic (exact) mass is 272 g/mol. The number of aromatic nitrogens is 1. The highest BCUT2D eigenvalue weighted by atomic mass is 19.3. The van der Waals surface area contributed by atoms with E-state index < -0.39 is 13.0 Å². The summed E-state index contributed by atoms with van der Waals surface area (Å²) in [5.74, 6) is 0.232. The summed E-state index contributed by atoms with van der Waals surface area (Å²) in [6, 6.07) is 5.47. The van der Waals surface area contributed by atoms with Gasteiger partial charge in [-0.1, -0.05) is 6.07 Å². The number of nitrogens with one attached hydrogen (secondary N) is 1. The van der Waals surface area contributed by atoms with E-state index in [0.29, 0.717) is 12.6 Å². The van der Waals surface area contributed by atoms with Gasteiger partial charge in [0.2, 0.25) is 5.88 Å². The summed E-state index contributed by atoms with van der Waals surface area (Å²) in [4.78, 5) is 4.17. The van der Waals surface area contributed by atoms with Crippen LogP contribution in [0, 0.1) is 0 Å². The lowest BCUT2D eigenvalue weighted by Gasteiger charge is -2.15. The average molecular weight is 272 g/mol. The molecule has 2 rings (SSSR count). The molecule has 6 heteroatoms. The Balaban J connectivity index is 1.84. The molecule has 2 heterocycles. The maximum absolute atomic E-state index is 12.0. The van der Waals surface area contributed by atoms with Gasteiger partial charge < -0.3 is 14.8 Å². The van der Waals surface area contributed by atoms with E-state index in [1.807, 2.05) is 13.0 Å². The van der Waals surface area contributed by atoms with Gasteiger partial charge in [0, 0.05) is 25.3 Å². The Morgan fingerprint density at radius 1 is 1.53 bits per heavy atom. The summed E-state index contributed by atoms with van der Waals surface area (Å²) < 4.78 is 34.4. The van der Waals surface area contributed by atoms with Crippen LogP contribution in [0.1, 0.15) is 19.0 Å². The molecule has 1 aromatic heterocycles. The van der Waals surface area contributed by atoms with E-state index in [9.17, 15) is 8.78 Å². The number of alkyl halides is 2. The van der Waals surface area contributed by atoms with Crippen LogP contribution >= 0.6 is 0 Å². The quantitative estimate of drug-likeness (QED) is 0.860. The highest BCUT2D eigenvalue weighted by molar-refractivity contribution is 5.15. The van der Waals surface area contributed by atoms with Gasteiger partial charge in [0.25, 0.3) is 6.43 Å². The number of halogens is 2. The molecule has 0 saturated carbocycles. The van der Waals surface area contributed by atoms with Crippen LogP contribution in [0.5, 0.6) is 5.88 Å². The molecule has 1 aliphatic heterocycles. The molecule has 0 bridgehead atoms. The van der Waals surface area contributed by atoms with Gasteiger partial charge >= 0.3 is 0 Å². The van der Waals surface area contributed by atoms with Crippen molar-refractivity contribution in [2.75, 3.05) is 13.2 Å². The van der Waals surface area contributed by atoms with E-state index in [2.05, 4.69) is 10.3 Å². The molecule has 0 aromatic carbocycles. The summed E-state index contributed by atoms with van der Waals surface area (Å²) in [7, 11) is 0. The molecule has 0 unspecified atom stereocenters. The highest BCUT2D eigenvalue weighted by Crippen LogP contribution is 2.14. The number of rotatable bonds is 6. The van der Waals surface area contributed by atoms with Gasteiger partial charge in [-0.05, 0) is 19.4 Å². The smallest absolute Gasteiger partial charge is 0.272 e. The SMILES string of the molecule is C[C@H]1OCC[C@@H]1NCc1cccc(OCC(F)F)n1. The Morgan fingerprint density at radius 3 is 3.05 bits per heavy atom. The maximum Gasteiger partial charge on any atom is 0.272 e. The van der Waals surface area contributed by atoms with Crippen molar-refractivity contribution in [3.63, 3.8) is 0 Å². The first-order chi connectivity index (χ1) is 9.15. The van der Waals surface area contributed by atoms with E-state index >= 15 is 0 Å². The minimum absolute atomic E-state index is 0.193. The van der Waals surface area contributed by atoms with Gasteiger partial charge in [-0.15, -0.1) is 0 Å². The topological polar surface area (TPSA) is 43.4 Å². The first kappa shape index (κ1) is 14.1. The van der Waals surface area contributed by atoms with Gasteiger partial charge in [-0.3, -0.25) is 0 Å². The van der Waals surface area contributed by atoms with Crippen molar-refractivity contribution in [1.29, 1.82) is 0 Å². The van der Waals surface area contributed by atoms with Crippen LogP contribution in [-0.4, -0.2) is 36.8 Å². The third-order valence-corrected chi connectivity index (χ3v) is 3.06. The Bertz CT molecular complexity index is 404. The maximum atomic E-state index is 12.0. The van der Waals surface area contributed by atoms with Gasteiger partial charge in [-0.25, -0.2) is 13.8 Å². The van der Waals surface area contributed by atoms with Crippen LogP contribution < -0.4 is 10.1 Å². The van der Waals surface area contributed by atoms with Crippen molar-refractivity contribution in [3.05, 3.63) is 23.9 Å². The second-order valence-electron chi connectivity index (χ2n) is 4.52. The molecule has 19 heavy (non-hydrogen) atoms. The molecule has 1 saturated heterocycles. The molecular formula is C13H18F2N2O2. The molecule has 1 N–H and O–H groups in total. The minimum atomic E-state index is -2.49. The summed E-state index contributed by atoms with van der Waals surface area (Å²) in [6.07, 6.45) is -1.32. The summed E-state index contributed by atoms with van der Waals surface area (Å²) in [5.41, 5.74) is 0.769. The van der Waals surface area contributed by atoms with E-state index in [0.717, 1.165) is 18.7 Å². The molecular weight excluding hydrogens is 254 g/mol. The lowest BCUT2D eigenvalue weighted by Crippen LogP contribution is -2.34. The van der Waals surface area contributed by atoms with Crippen LogP contribution in [0.3, 0.4) is 0 Å². The molecule has 4 nitrogen and oxygen atoms in total. The molecule has 0 amide bonds. The number of hydrogen-bond acceptors (Lipinski definition) is 4. The van der Waals surface area contributed by atoms with Crippen LogP contribution in [-0.2, 0) is 11.3 Å². The minimum Gasteiger partial charge on any atom is -0.472 e. The van der Waals surface area contributed by atoms with Crippen LogP contribution in [0.2, 0.25) is 0 Å². The fourth-order valence-electron chi connectivity index (χ4n) is 2.02. The van der Waals surface area contributed by atoms with Crippen LogP contribution in [0.4, 0.5) is 8.78 Å². The summed E-state index contributed by atoms with van der Waals surface area (Å²) in [5, 5.41) is 3.35. The molecule has 1 fully saturated rings. The lowest BCUT2D eigenvalue weighted by atomic mass is 10.1. The Morgan fingerprint density at radius 2 is 2.37 bits per heavy atom.